The van der Waals surface area contributed by atoms with E-state index in [9.17, 15) is 9.59 Å². The summed E-state index contributed by atoms with van der Waals surface area (Å²) in [4.78, 5) is 22.8. The van der Waals surface area contributed by atoms with Crippen LogP contribution in [0.2, 0.25) is 0 Å². The number of ketones is 1. The van der Waals surface area contributed by atoms with Gasteiger partial charge in [-0.1, -0.05) is 37.1 Å². The highest BCUT2D eigenvalue weighted by Gasteiger charge is 2.56. The molecular formula is C22H28O3. The van der Waals surface area contributed by atoms with Crippen LogP contribution >= 0.6 is 0 Å². The number of carbonyl (C=O) groups excluding carboxylic acids is 1. The van der Waals surface area contributed by atoms with E-state index in [0.717, 1.165) is 19.3 Å². The second-order valence-electron chi connectivity index (χ2n) is 8.93. The van der Waals surface area contributed by atoms with Gasteiger partial charge in [-0.05, 0) is 73.8 Å². The number of allylic oxidation sites excluding steroid dienone is 5. The molecule has 0 heterocycles. The number of hydrogen-bond acceptors (Lipinski definition) is 2. The molecule has 3 saturated carbocycles. The monoisotopic (exact) mass is 340 g/mol. The quantitative estimate of drug-likeness (QED) is 0.742. The van der Waals surface area contributed by atoms with E-state index in [1.165, 1.54) is 30.4 Å². The van der Waals surface area contributed by atoms with Crippen molar-refractivity contribution in [1.82, 2.24) is 0 Å². The van der Waals surface area contributed by atoms with Crippen molar-refractivity contribution in [2.45, 2.75) is 58.8 Å². The highest BCUT2D eigenvalue weighted by atomic mass is 16.4. The topological polar surface area (TPSA) is 54.4 Å². The van der Waals surface area contributed by atoms with Gasteiger partial charge >= 0.3 is 5.97 Å². The number of carboxylic acid groups (broad SMARTS) is 1. The second-order valence-corrected chi connectivity index (χ2v) is 8.93. The number of carboxylic acids is 1. The lowest BCUT2D eigenvalue weighted by Crippen LogP contribution is -2.48. The van der Waals surface area contributed by atoms with Crippen LogP contribution in [0.5, 0.6) is 0 Å². The molecule has 0 aromatic carbocycles. The van der Waals surface area contributed by atoms with E-state index >= 15 is 0 Å². The fraction of sp³-hybridized carbons (Fsp3) is 0.636. The van der Waals surface area contributed by atoms with Gasteiger partial charge in [0.1, 0.15) is 0 Å². The molecule has 4 aliphatic rings. The summed E-state index contributed by atoms with van der Waals surface area (Å²) < 4.78 is 0. The third-order valence-corrected chi connectivity index (χ3v) is 7.93. The molecule has 1 N–H and O–H groups in total. The predicted octanol–water partition coefficient (Wildman–Crippen LogP) is 4.70. The fourth-order valence-corrected chi connectivity index (χ4v) is 6.59. The zero-order chi connectivity index (χ0) is 17.8. The first-order chi connectivity index (χ1) is 11.8. The summed E-state index contributed by atoms with van der Waals surface area (Å²) in [5.41, 5.74) is 2.96. The van der Waals surface area contributed by atoms with Crippen molar-refractivity contribution in [3.05, 3.63) is 35.5 Å². The van der Waals surface area contributed by atoms with E-state index in [1.807, 2.05) is 12.2 Å². The zero-order valence-electron chi connectivity index (χ0n) is 15.3. The van der Waals surface area contributed by atoms with Gasteiger partial charge in [0.2, 0.25) is 0 Å². The molecule has 0 saturated heterocycles. The average Bonchev–Trinajstić information content (AvgIpc) is 2.90. The molecule has 134 valence electrons. The maximum absolute atomic E-state index is 11.8. The highest BCUT2D eigenvalue weighted by Crippen LogP contribution is 2.65. The Kier molecular flexibility index (Phi) is 3.82. The zero-order valence-corrected chi connectivity index (χ0v) is 15.3. The Bertz CT molecular complexity index is 713. The molecule has 3 nitrogen and oxygen atoms in total. The Labute approximate surface area is 149 Å². The number of hydrogen-bond donors (Lipinski definition) is 1. The molecule has 5 atom stereocenters. The van der Waals surface area contributed by atoms with Crippen LogP contribution in [0, 0.1) is 28.6 Å². The molecule has 0 aromatic heterocycles. The Balaban J connectivity index is 1.63. The van der Waals surface area contributed by atoms with Gasteiger partial charge in [0.05, 0.1) is 6.42 Å². The molecule has 25 heavy (non-hydrogen) atoms. The van der Waals surface area contributed by atoms with Gasteiger partial charge in [-0.15, -0.1) is 0 Å². The Morgan fingerprint density at radius 2 is 2.04 bits per heavy atom. The minimum atomic E-state index is -0.731. The largest absolute Gasteiger partial charge is 0.481 e. The van der Waals surface area contributed by atoms with Crippen molar-refractivity contribution in [2.24, 2.45) is 28.6 Å². The van der Waals surface area contributed by atoms with E-state index in [1.54, 1.807) is 6.08 Å². The number of carbonyl (C=O) groups is 2. The second kappa shape index (κ2) is 5.69. The molecule has 0 radical (unpaired) electrons. The van der Waals surface area contributed by atoms with Crippen molar-refractivity contribution in [3.63, 3.8) is 0 Å². The van der Waals surface area contributed by atoms with Gasteiger partial charge in [0.15, 0.2) is 5.78 Å². The van der Waals surface area contributed by atoms with Crippen LogP contribution in [0.1, 0.15) is 58.8 Å². The molecule has 4 rings (SSSR count). The van der Waals surface area contributed by atoms with Crippen LogP contribution in [-0.2, 0) is 9.59 Å². The van der Waals surface area contributed by atoms with Gasteiger partial charge in [-0.2, -0.15) is 0 Å². The first-order valence-corrected chi connectivity index (χ1v) is 9.70. The molecular weight excluding hydrogens is 312 g/mol. The van der Waals surface area contributed by atoms with Gasteiger partial charge < -0.3 is 5.11 Å². The highest BCUT2D eigenvalue weighted by molar-refractivity contribution is 6.01. The maximum atomic E-state index is 11.8. The molecule has 0 spiro atoms. The lowest BCUT2D eigenvalue weighted by molar-refractivity contribution is -0.136. The lowest BCUT2D eigenvalue weighted by Gasteiger charge is -2.56. The average molecular weight is 340 g/mol. The molecule has 0 bridgehead atoms. The molecule has 0 amide bonds. The van der Waals surface area contributed by atoms with Gasteiger partial charge in [-0.3, -0.25) is 9.59 Å². The van der Waals surface area contributed by atoms with Crippen molar-refractivity contribution in [2.75, 3.05) is 0 Å². The van der Waals surface area contributed by atoms with E-state index in [4.69, 9.17) is 5.11 Å². The van der Waals surface area contributed by atoms with Crippen LogP contribution < -0.4 is 0 Å². The van der Waals surface area contributed by atoms with Crippen LogP contribution in [0.25, 0.3) is 0 Å². The summed E-state index contributed by atoms with van der Waals surface area (Å²) in [6, 6.07) is 0. The normalized spacial score (nSPS) is 44.1. The SMILES string of the molecule is C[C@]12C=CC(=O)C=C1CC[C@@H]1[C@@H]2CC[C@]2(C)C(=CCC(=O)O)CC[C@@H]12. The van der Waals surface area contributed by atoms with Gasteiger partial charge in [0.25, 0.3) is 0 Å². The first-order valence-electron chi connectivity index (χ1n) is 9.70. The molecule has 0 unspecified atom stereocenters. The van der Waals surface area contributed by atoms with E-state index in [2.05, 4.69) is 19.9 Å². The summed E-state index contributed by atoms with van der Waals surface area (Å²) in [5.74, 6) is 1.38. The van der Waals surface area contributed by atoms with Crippen LogP contribution in [0.15, 0.2) is 35.5 Å². The molecule has 4 aliphatic carbocycles. The Morgan fingerprint density at radius 3 is 2.80 bits per heavy atom. The smallest absolute Gasteiger partial charge is 0.307 e. The maximum Gasteiger partial charge on any atom is 0.307 e. The van der Waals surface area contributed by atoms with E-state index < -0.39 is 5.97 Å². The molecule has 0 aromatic rings. The van der Waals surface area contributed by atoms with Crippen LogP contribution in [-0.4, -0.2) is 16.9 Å². The predicted molar refractivity (Wildman–Crippen MR) is 97.0 cm³/mol. The van der Waals surface area contributed by atoms with Crippen molar-refractivity contribution in [3.8, 4) is 0 Å². The van der Waals surface area contributed by atoms with Crippen molar-refractivity contribution >= 4 is 11.8 Å². The lowest BCUT2D eigenvalue weighted by atomic mass is 9.48. The molecule has 0 aliphatic heterocycles. The van der Waals surface area contributed by atoms with Crippen molar-refractivity contribution in [1.29, 1.82) is 0 Å². The van der Waals surface area contributed by atoms with Crippen molar-refractivity contribution < 1.29 is 14.7 Å². The minimum Gasteiger partial charge on any atom is -0.481 e. The summed E-state index contributed by atoms with van der Waals surface area (Å²) >= 11 is 0. The third-order valence-electron chi connectivity index (χ3n) is 7.93. The Hall–Kier alpha value is -1.64. The summed E-state index contributed by atoms with van der Waals surface area (Å²) in [6.45, 7) is 4.71. The standard InChI is InChI=1S/C22H28O3/c1-21-12-10-19-17(18(21)7-4-14(21)5-8-20(24)25)6-3-15-13-16(23)9-11-22(15,19)2/h5,9,11,13,17-19H,3-4,6-8,10,12H2,1-2H3,(H,24,25)/t17-,18-,19-,21+,22-/m0/s1. The van der Waals surface area contributed by atoms with E-state index in [0.29, 0.717) is 17.8 Å². The first kappa shape index (κ1) is 16.8. The third kappa shape index (κ3) is 2.46. The molecule has 3 heteroatoms. The Morgan fingerprint density at radius 1 is 1.24 bits per heavy atom. The van der Waals surface area contributed by atoms with Crippen LogP contribution in [0.4, 0.5) is 0 Å². The number of rotatable bonds is 2. The van der Waals surface area contributed by atoms with E-state index in [-0.39, 0.29) is 23.0 Å². The van der Waals surface area contributed by atoms with Crippen LogP contribution in [0.3, 0.4) is 0 Å². The fourth-order valence-electron chi connectivity index (χ4n) is 6.59. The van der Waals surface area contributed by atoms with Gasteiger partial charge in [-0.25, -0.2) is 0 Å². The summed E-state index contributed by atoms with van der Waals surface area (Å²) in [7, 11) is 0. The number of aliphatic carboxylic acids is 1. The summed E-state index contributed by atoms with van der Waals surface area (Å²) in [6.07, 6.45) is 14.8. The van der Waals surface area contributed by atoms with Gasteiger partial charge in [0, 0.05) is 5.41 Å². The molecule has 3 fully saturated rings. The minimum absolute atomic E-state index is 0.0473. The summed E-state index contributed by atoms with van der Waals surface area (Å²) in [5, 5.41) is 9.04. The number of fused-ring (bicyclic) bond motifs is 5.